The van der Waals surface area contributed by atoms with Crippen LogP contribution in [0.4, 0.5) is 4.79 Å². The third-order valence-electron chi connectivity index (χ3n) is 2.09. The topological polar surface area (TPSA) is 152 Å². The van der Waals surface area contributed by atoms with E-state index < -0.39 is 23.9 Å². The molecule has 0 spiro atoms. The van der Waals surface area contributed by atoms with Crippen molar-refractivity contribution in [3.63, 3.8) is 0 Å². The second-order valence-corrected chi connectivity index (χ2v) is 3.75. The molecular weight excluding hydrogens is 256 g/mol. The van der Waals surface area contributed by atoms with Crippen molar-refractivity contribution in [3.8, 4) is 0 Å². The van der Waals surface area contributed by atoms with Crippen molar-refractivity contribution in [1.82, 2.24) is 25.6 Å². The van der Waals surface area contributed by atoms with Gasteiger partial charge in [0.2, 0.25) is 5.91 Å². The lowest BCUT2D eigenvalue weighted by atomic mass is 10.3. The maximum Gasteiger partial charge on any atom is 0.325 e. The number of hydrogen-bond donors (Lipinski definition) is 4. The Bertz CT molecular complexity index is 485. The van der Waals surface area contributed by atoms with Gasteiger partial charge in [-0.2, -0.15) is 0 Å². The van der Waals surface area contributed by atoms with Gasteiger partial charge in [-0.1, -0.05) is 5.21 Å². The Morgan fingerprint density at radius 2 is 2.21 bits per heavy atom. The third kappa shape index (κ3) is 5.02. The molecule has 1 heterocycles. The molecule has 0 aliphatic carbocycles. The number of aliphatic carboxylic acids is 1. The minimum absolute atomic E-state index is 0.0525. The number of amides is 3. The number of urea groups is 1. The molecular formula is C9H14N6O4. The largest absolute Gasteiger partial charge is 0.480 e. The van der Waals surface area contributed by atoms with E-state index in [-0.39, 0.29) is 13.1 Å². The highest BCUT2D eigenvalue weighted by Crippen LogP contribution is 1.92. The summed E-state index contributed by atoms with van der Waals surface area (Å²) in [5, 5.41) is 20.5. The highest BCUT2D eigenvalue weighted by Gasteiger charge is 2.12. The zero-order valence-electron chi connectivity index (χ0n) is 10.2. The smallest absolute Gasteiger partial charge is 0.325 e. The maximum absolute atomic E-state index is 11.3. The Morgan fingerprint density at radius 1 is 1.53 bits per heavy atom. The number of hydrogen-bond acceptors (Lipinski definition) is 5. The van der Waals surface area contributed by atoms with E-state index in [1.807, 2.05) is 0 Å². The average Bonchev–Trinajstić information content (AvgIpc) is 2.73. The number of nitrogens with one attached hydrogen (secondary N) is 2. The molecule has 3 amide bonds. The van der Waals surface area contributed by atoms with Crippen LogP contribution in [0.25, 0.3) is 0 Å². The highest BCUT2D eigenvalue weighted by molar-refractivity contribution is 5.85. The summed E-state index contributed by atoms with van der Waals surface area (Å²) in [4.78, 5) is 32.5. The fourth-order valence-corrected chi connectivity index (χ4v) is 1.13. The molecule has 0 aliphatic rings. The van der Waals surface area contributed by atoms with Gasteiger partial charge >= 0.3 is 12.0 Å². The molecule has 1 aromatic heterocycles. The standard InChI is InChI=1S/C9H14N6O4/c1-5(8(10)18)12-9(19)11-2-6-3-15(14-13-6)4-7(16)17/h3,5H,2,4H2,1H3,(H2,10,18)(H,16,17)(H2,11,12,19). The Balaban J connectivity index is 2.40. The zero-order chi connectivity index (χ0) is 14.4. The summed E-state index contributed by atoms with van der Waals surface area (Å²) in [6.07, 6.45) is 1.39. The van der Waals surface area contributed by atoms with Crippen LogP contribution in [0.2, 0.25) is 0 Å². The van der Waals surface area contributed by atoms with Crippen LogP contribution in [0.1, 0.15) is 12.6 Å². The lowest BCUT2D eigenvalue weighted by Gasteiger charge is -2.10. The van der Waals surface area contributed by atoms with Crippen LogP contribution >= 0.6 is 0 Å². The molecule has 0 saturated carbocycles. The molecule has 10 heteroatoms. The Labute approximate surface area is 107 Å². The van der Waals surface area contributed by atoms with Gasteiger partial charge in [-0.15, -0.1) is 5.10 Å². The van der Waals surface area contributed by atoms with Gasteiger partial charge < -0.3 is 21.5 Å². The molecule has 0 fully saturated rings. The molecule has 19 heavy (non-hydrogen) atoms. The molecule has 0 radical (unpaired) electrons. The van der Waals surface area contributed by atoms with Gasteiger partial charge in [-0.05, 0) is 6.92 Å². The number of rotatable bonds is 6. The molecule has 1 unspecified atom stereocenters. The highest BCUT2D eigenvalue weighted by atomic mass is 16.4. The van der Waals surface area contributed by atoms with Crippen molar-refractivity contribution >= 4 is 17.9 Å². The molecule has 1 aromatic rings. The van der Waals surface area contributed by atoms with E-state index in [1.165, 1.54) is 13.1 Å². The normalized spacial score (nSPS) is 11.6. The van der Waals surface area contributed by atoms with Gasteiger partial charge in [0.15, 0.2) is 0 Å². The molecule has 1 rings (SSSR count). The van der Waals surface area contributed by atoms with Gasteiger partial charge in [-0.3, -0.25) is 9.59 Å². The number of nitrogens with zero attached hydrogens (tertiary/aromatic N) is 3. The van der Waals surface area contributed by atoms with Crippen LogP contribution in [0.5, 0.6) is 0 Å². The first kappa shape index (κ1) is 14.4. The third-order valence-corrected chi connectivity index (χ3v) is 2.09. The molecule has 0 bridgehead atoms. The van der Waals surface area contributed by atoms with Crippen LogP contribution in [-0.2, 0) is 22.7 Å². The Kier molecular flexibility index (Phi) is 4.80. The summed E-state index contributed by atoms with van der Waals surface area (Å²) in [6.45, 7) is 1.19. The first-order valence-electron chi connectivity index (χ1n) is 5.33. The summed E-state index contributed by atoms with van der Waals surface area (Å²) in [5.74, 6) is -1.69. The van der Waals surface area contributed by atoms with E-state index in [0.717, 1.165) is 4.68 Å². The zero-order valence-corrected chi connectivity index (χ0v) is 10.2. The number of aromatic nitrogens is 3. The van der Waals surface area contributed by atoms with Crippen molar-refractivity contribution in [1.29, 1.82) is 0 Å². The Hall–Kier alpha value is -2.65. The van der Waals surface area contributed by atoms with Gasteiger partial charge in [0, 0.05) is 0 Å². The van der Waals surface area contributed by atoms with Gasteiger partial charge in [0.1, 0.15) is 18.3 Å². The molecule has 10 nitrogen and oxygen atoms in total. The van der Waals surface area contributed by atoms with Crippen LogP contribution in [-0.4, -0.2) is 44.0 Å². The molecule has 1 atom stereocenters. The van der Waals surface area contributed by atoms with Crippen LogP contribution in [0.15, 0.2) is 6.20 Å². The SMILES string of the molecule is CC(NC(=O)NCc1cn(CC(=O)O)nn1)C(N)=O. The van der Waals surface area contributed by atoms with Crippen molar-refractivity contribution in [3.05, 3.63) is 11.9 Å². The molecule has 0 aliphatic heterocycles. The van der Waals surface area contributed by atoms with E-state index in [1.54, 1.807) is 0 Å². The van der Waals surface area contributed by atoms with E-state index in [9.17, 15) is 14.4 Å². The first-order chi connectivity index (χ1) is 8.88. The second-order valence-electron chi connectivity index (χ2n) is 3.75. The lowest BCUT2D eigenvalue weighted by Crippen LogP contribution is -2.46. The van der Waals surface area contributed by atoms with E-state index in [4.69, 9.17) is 10.8 Å². The maximum atomic E-state index is 11.3. The quantitative estimate of drug-likeness (QED) is 0.470. The van der Waals surface area contributed by atoms with Gasteiger partial charge in [0.25, 0.3) is 0 Å². The number of carboxylic acids is 1. The predicted molar refractivity (Wildman–Crippen MR) is 61.7 cm³/mol. The summed E-state index contributed by atoms with van der Waals surface area (Å²) in [5.41, 5.74) is 5.37. The molecule has 0 saturated heterocycles. The minimum atomic E-state index is -1.04. The van der Waals surface area contributed by atoms with Crippen molar-refractivity contribution in [2.24, 2.45) is 5.73 Å². The summed E-state index contributed by atoms with van der Waals surface area (Å²) < 4.78 is 1.13. The monoisotopic (exact) mass is 270 g/mol. The van der Waals surface area contributed by atoms with E-state index in [2.05, 4.69) is 20.9 Å². The summed E-state index contributed by atoms with van der Waals surface area (Å²) in [7, 11) is 0. The van der Waals surface area contributed by atoms with E-state index in [0.29, 0.717) is 5.69 Å². The van der Waals surface area contributed by atoms with E-state index >= 15 is 0 Å². The van der Waals surface area contributed by atoms with Crippen molar-refractivity contribution in [2.75, 3.05) is 0 Å². The van der Waals surface area contributed by atoms with Crippen LogP contribution < -0.4 is 16.4 Å². The fraction of sp³-hybridized carbons (Fsp3) is 0.444. The molecule has 5 N–H and O–H groups in total. The van der Waals surface area contributed by atoms with Gasteiger partial charge in [-0.25, -0.2) is 9.48 Å². The minimum Gasteiger partial charge on any atom is -0.480 e. The second kappa shape index (κ2) is 6.33. The average molecular weight is 270 g/mol. The van der Waals surface area contributed by atoms with Crippen molar-refractivity contribution in [2.45, 2.75) is 26.1 Å². The number of nitrogens with two attached hydrogens (primary N) is 1. The van der Waals surface area contributed by atoms with Crippen molar-refractivity contribution < 1.29 is 19.5 Å². The number of carbonyl (C=O) groups is 3. The predicted octanol–water partition coefficient (Wildman–Crippen LogP) is -1.96. The number of carbonyl (C=O) groups excluding carboxylic acids is 2. The fourth-order valence-electron chi connectivity index (χ4n) is 1.13. The number of primary amides is 1. The number of carboxylic acid groups (broad SMARTS) is 1. The molecule has 104 valence electrons. The first-order valence-corrected chi connectivity index (χ1v) is 5.33. The Morgan fingerprint density at radius 3 is 2.79 bits per heavy atom. The summed E-state index contributed by atoms with van der Waals surface area (Å²) >= 11 is 0. The lowest BCUT2D eigenvalue weighted by molar-refractivity contribution is -0.137. The summed E-state index contributed by atoms with van der Waals surface area (Å²) in [6, 6.07) is -1.37. The van der Waals surface area contributed by atoms with Crippen LogP contribution in [0.3, 0.4) is 0 Å². The van der Waals surface area contributed by atoms with Crippen LogP contribution in [0, 0.1) is 0 Å². The molecule has 0 aromatic carbocycles. The van der Waals surface area contributed by atoms with Gasteiger partial charge in [0.05, 0.1) is 12.7 Å².